The summed E-state index contributed by atoms with van der Waals surface area (Å²) in [5.74, 6) is 0.959. The molecular formula is C19H19N5O3S. The van der Waals surface area contributed by atoms with Crippen LogP contribution in [0.15, 0.2) is 58.6 Å². The molecule has 0 saturated carbocycles. The Kier molecular flexibility index (Phi) is 5.43. The lowest BCUT2D eigenvalue weighted by Crippen LogP contribution is -2.23. The lowest BCUT2D eigenvalue weighted by Gasteiger charge is -2.16. The lowest BCUT2D eigenvalue weighted by atomic mass is 10.2. The Morgan fingerprint density at radius 1 is 1.29 bits per heavy atom. The van der Waals surface area contributed by atoms with Gasteiger partial charge in [-0.05, 0) is 36.8 Å². The van der Waals surface area contributed by atoms with E-state index in [4.69, 9.17) is 4.42 Å². The molecule has 1 fully saturated rings. The molecule has 0 bridgehead atoms. The van der Waals surface area contributed by atoms with Crippen molar-refractivity contribution in [1.29, 1.82) is 0 Å². The SMILES string of the molecule is O=C(CSc1nncn1Cc1ccco1)Nc1cccc(N2CCCC2=O)c1. The molecule has 28 heavy (non-hydrogen) atoms. The van der Waals surface area contributed by atoms with Gasteiger partial charge in [0, 0.05) is 24.3 Å². The van der Waals surface area contributed by atoms with E-state index in [1.54, 1.807) is 17.5 Å². The Labute approximate surface area is 165 Å². The zero-order valence-corrected chi connectivity index (χ0v) is 15.9. The summed E-state index contributed by atoms with van der Waals surface area (Å²) in [6.45, 7) is 1.23. The van der Waals surface area contributed by atoms with E-state index in [9.17, 15) is 9.59 Å². The van der Waals surface area contributed by atoms with Gasteiger partial charge in [0.15, 0.2) is 5.16 Å². The number of benzene rings is 1. The van der Waals surface area contributed by atoms with Gasteiger partial charge in [0.25, 0.3) is 0 Å². The van der Waals surface area contributed by atoms with Crippen LogP contribution in [0.25, 0.3) is 0 Å². The molecular weight excluding hydrogens is 378 g/mol. The zero-order chi connectivity index (χ0) is 19.3. The molecule has 1 N–H and O–H groups in total. The van der Waals surface area contributed by atoms with Gasteiger partial charge in [-0.3, -0.25) is 9.59 Å². The summed E-state index contributed by atoms with van der Waals surface area (Å²) >= 11 is 1.30. The number of thioether (sulfide) groups is 1. The van der Waals surface area contributed by atoms with Crippen LogP contribution in [-0.2, 0) is 16.1 Å². The van der Waals surface area contributed by atoms with E-state index in [0.717, 1.165) is 24.4 Å². The average Bonchev–Trinajstić information content (AvgIpc) is 3.43. The third kappa shape index (κ3) is 4.25. The molecule has 2 amide bonds. The second-order valence-electron chi connectivity index (χ2n) is 6.36. The minimum atomic E-state index is -0.151. The number of amides is 2. The fourth-order valence-electron chi connectivity index (χ4n) is 3.03. The Balaban J connectivity index is 1.34. The third-order valence-corrected chi connectivity index (χ3v) is 5.31. The first kappa shape index (κ1) is 18.3. The van der Waals surface area contributed by atoms with E-state index in [1.165, 1.54) is 11.8 Å². The molecule has 1 saturated heterocycles. The molecule has 8 nitrogen and oxygen atoms in total. The predicted molar refractivity (Wildman–Crippen MR) is 105 cm³/mol. The minimum Gasteiger partial charge on any atom is -0.467 e. The second-order valence-corrected chi connectivity index (χ2v) is 7.30. The van der Waals surface area contributed by atoms with Crippen LogP contribution in [-0.4, -0.2) is 38.9 Å². The number of nitrogens with zero attached hydrogens (tertiary/aromatic N) is 4. The van der Waals surface area contributed by atoms with Gasteiger partial charge >= 0.3 is 0 Å². The van der Waals surface area contributed by atoms with Gasteiger partial charge in [0.2, 0.25) is 11.8 Å². The summed E-state index contributed by atoms with van der Waals surface area (Å²) in [5, 5.41) is 11.5. The number of hydrogen-bond donors (Lipinski definition) is 1. The molecule has 144 valence electrons. The van der Waals surface area contributed by atoms with E-state index < -0.39 is 0 Å². The highest BCUT2D eigenvalue weighted by Gasteiger charge is 2.21. The van der Waals surface area contributed by atoms with Crippen molar-refractivity contribution < 1.29 is 14.0 Å². The summed E-state index contributed by atoms with van der Waals surface area (Å²) in [5.41, 5.74) is 1.48. The highest BCUT2D eigenvalue weighted by atomic mass is 32.2. The smallest absolute Gasteiger partial charge is 0.234 e. The number of anilines is 2. The standard InChI is InChI=1S/C19H19N5O3S/c25-17(12-28-19-22-20-13-23(19)11-16-6-3-9-27-16)21-14-4-1-5-15(10-14)24-8-2-7-18(24)26/h1,3-6,9-10,13H,2,7-8,11-12H2,(H,21,25). The highest BCUT2D eigenvalue weighted by Crippen LogP contribution is 2.24. The molecule has 1 aliphatic rings. The maximum absolute atomic E-state index is 12.3. The van der Waals surface area contributed by atoms with Gasteiger partial charge in [-0.2, -0.15) is 0 Å². The molecule has 0 spiro atoms. The van der Waals surface area contributed by atoms with Crippen LogP contribution >= 0.6 is 11.8 Å². The number of carbonyl (C=O) groups is 2. The quantitative estimate of drug-likeness (QED) is 0.616. The van der Waals surface area contributed by atoms with Crippen molar-refractivity contribution in [2.75, 3.05) is 22.5 Å². The molecule has 3 heterocycles. The monoisotopic (exact) mass is 397 g/mol. The van der Waals surface area contributed by atoms with Gasteiger partial charge in [-0.25, -0.2) is 0 Å². The van der Waals surface area contributed by atoms with Gasteiger partial charge in [-0.15, -0.1) is 10.2 Å². The van der Waals surface area contributed by atoms with Gasteiger partial charge < -0.3 is 19.2 Å². The minimum absolute atomic E-state index is 0.120. The van der Waals surface area contributed by atoms with Gasteiger partial charge in [-0.1, -0.05) is 17.8 Å². The van der Waals surface area contributed by atoms with Crippen molar-refractivity contribution in [1.82, 2.24) is 14.8 Å². The summed E-state index contributed by atoms with van der Waals surface area (Å²) in [4.78, 5) is 26.0. The third-order valence-electron chi connectivity index (χ3n) is 4.33. The molecule has 3 aromatic rings. The zero-order valence-electron chi connectivity index (χ0n) is 15.1. The Hall–Kier alpha value is -3.07. The molecule has 0 radical (unpaired) electrons. The number of rotatable bonds is 7. The first-order valence-corrected chi connectivity index (χ1v) is 9.91. The first-order valence-electron chi connectivity index (χ1n) is 8.92. The Morgan fingerprint density at radius 3 is 3.00 bits per heavy atom. The van der Waals surface area contributed by atoms with E-state index in [0.29, 0.717) is 23.8 Å². The number of aromatic nitrogens is 3. The summed E-state index contributed by atoms with van der Waals surface area (Å²) in [6, 6.07) is 11.1. The molecule has 0 unspecified atom stereocenters. The Morgan fingerprint density at radius 2 is 2.21 bits per heavy atom. The first-order chi connectivity index (χ1) is 13.7. The maximum atomic E-state index is 12.3. The van der Waals surface area contributed by atoms with Crippen LogP contribution in [0, 0.1) is 0 Å². The molecule has 0 atom stereocenters. The largest absolute Gasteiger partial charge is 0.467 e. The van der Waals surface area contributed by atoms with Crippen molar-refractivity contribution in [2.24, 2.45) is 0 Å². The maximum Gasteiger partial charge on any atom is 0.234 e. The summed E-state index contributed by atoms with van der Waals surface area (Å²) in [6.07, 6.45) is 4.67. The van der Waals surface area contributed by atoms with Gasteiger partial charge in [0.05, 0.1) is 18.6 Å². The van der Waals surface area contributed by atoms with Gasteiger partial charge in [0.1, 0.15) is 12.1 Å². The lowest BCUT2D eigenvalue weighted by molar-refractivity contribution is -0.117. The van der Waals surface area contributed by atoms with Crippen molar-refractivity contribution in [3.63, 3.8) is 0 Å². The van der Waals surface area contributed by atoms with Crippen molar-refractivity contribution in [3.8, 4) is 0 Å². The molecule has 4 rings (SSSR count). The number of carbonyl (C=O) groups excluding carboxylic acids is 2. The van der Waals surface area contributed by atoms with Crippen LogP contribution < -0.4 is 10.2 Å². The highest BCUT2D eigenvalue weighted by molar-refractivity contribution is 7.99. The van der Waals surface area contributed by atoms with Crippen LogP contribution in [0.1, 0.15) is 18.6 Å². The number of hydrogen-bond acceptors (Lipinski definition) is 6. The molecule has 0 aliphatic carbocycles. The molecule has 1 aliphatic heterocycles. The summed E-state index contributed by atoms with van der Waals surface area (Å²) < 4.78 is 7.16. The second kappa shape index (κ2) is 8.30. The van der Waals surface area contributed by atoms with Crippen molar-refractivity contribution in [2.45, 2.75) is 24.5 Å². The fraction of sp³-hybridized carbons (Fsp3) is 0.263. The van der Waals surface area contributed by atoms with Crippen molar-refractivity contribution >= 4 is 35.0 Å². The molecule has 1 aromatic carbocycles. The van der Waals surface area contributed by atoms with E-state index in [-0.39, 0.29) is 17.6 Å². The molecule has 9 heteroatoms. The molecule has 2 aromatic heterocycles. The van der Waals surface area contributed by atoms with Crippen LogP contribution in [0.4, 0.5) is 11.4 Å². The van der Waals surface area contributed by atoms with Crippen LogP contribution in [0.3, 0.4) is 0 Å². The van der Waals surface area contributed by atoms with Crippen LogP contribution in [0.5, 0.6) is 0 Å². The van der Waals surface area contributed by atoms with E-state index in [2.05, 4.69) is 15.5 Å². The Bertz CT molecular complexity index is 970. The number of nitrogens with one attached hydrogen (secondary N) is 1. The van der Waals surface area contributed by atoms with Crippen LogP contribution in [0.2, 0.25) is 0 Å². The fourth-order valence-corrected chi connectivity index (χ4v) is 3.75. The number of furan rings is 1. The average molecular weight is 397 g/mol. The normalized spacial score (nSPS) is 13.9. The predicted octanol–water partition coefficient (Wildman–Crippen LogP) is 2.78. The van der Waals surface area contributed by atoms with E-state index in [1.807, 2.05) is 41.0 Å². The topological polar surface area (TPSA) is 93.3 Å². The van der Waals surface area contributed by atoms with Crippen molar-refractivity contribution in [3.05, 3.63) is 54.7 Å². The van der Waals surface area contributed by atoms with E-state index >= 15 is 0 Å². The summed E-state index contributed by atoms with van der Waals surface area (Å²) in [7, 11) is 0.